The second kappa shape index (κ2) is 9.15. The van der Waals surface area contributed by atoms with Crippen LogP contribution in [0.2, 0.25) is 5.02 Å². The number of rotatable bonds is 9. The van der Waals surface area contributed by atoms with Gasteiger partial charge in [-0.2, -0.15) is 4.72 Å². The van der Waals surface area contributed by atoms with Crippen LogP contribution >= 0.6 is 11.6 Å². The molecule has 0 saturated heterocycles. The van der Waals surface area contributed by atoms with Gasteiger partial charge in [-0.1, -0.05) is 48.0 Å². The number of aliphatic carboxylic acids is 1. The Morgan fingerprint density at radius 3 is 2.30 bits per heavy atom. The van der Waals surface area contributed by atoms with Gasteiger partial charge in [-0.25, -0.2) is 8.42 Å². The zero-order valence-electron chi connectivity index (χ0n) is 17.4. The summed E-state index contributed by atoms with van der Waals surface area (Å²) < 4.78 is 33.8. The molecule has 1 aliphatic rings. The average molecular weight is 488 g/mol. The fourth-order valence-corrected chi connectivity index (χ4v) is 5.34. The Labute approximate surface area is 196 Å². The molecule has 1 fully saturated rings. The van der Waals surface area contributed by atoms with E-state index in [1.54, 1.807) is 48.5 Å². The number of aliphatic hydroxyl groups excluding tert-OH is 1. The number of ether oxygens (including phenoxy) is 1. The Balaban J connectivity index is 1.55. The van der Waals surface area contributed by atoms with Gasteiger partial charge in [0, 0.05) is 10.9 Å². The van der Waals surface area contributed by atoms with E-state index < -0.39 is 27.4 Å². The van der Waals surface area contributed by atoms with Crippen molar-refractivity contribution in [3.63, 3.8) is 0 Å². The molecule has 1 aliphatic carbocycles. The maximum Gasteiger partial charge on any atom is 0.325 e. The molecule has 33 heavy (non-hydrogen) atoms. The number of aliphatic hydroxyl groups is 1. The highest BCUT2D eigenvalue weighted by Gasteiger charge is 2.63. The van der Waals surface area contributed by atoms with Crippen LogP contribution in [0.5, 0.6) is 5.75 Å². The quantitative estimate of drug-likeness (QED) is 0.424. The molecule has 0 bridgehead atoms. The topological polar surface area (TPSA) is 113 Å². The van der Waals surface area contributed by atoms with Crippen LogP contribution in [0, 0.1) is 0 Å². The predicted molar refractivity (Wildman–Crippen MR) is 124 cm³/mol. The van der Waals surface area contributed by atoms with Crippen molar-refractivity contribution in [2.24, 2.45) is 0 Å². The van der Waals surface area contributed by atoms with Crippen LogP contribution in [0.15, 0.2) is 77.7 Å². The van der Waals surface area contributed by atoms with E-state index >= 15 is 0 Å². The van der Waals surface area contributed by atoms with Crippen molar-refractivity contribution in [3.8, 4) is 16.9 Å². The molecular weight excluding hydrogens is 466 g/mol. The first-order valence-electron chi connectivity index (χ1n) is 10.2. The van der Waals surface area contributed by atoms with E-state index in [1.165, 1.54) is 12.1 Å². The molecule has 4 rings (SSSR count). The van der Waals surface area contributed by atoms with Gasteiger partial charge >= 0.3 is 5.97 Å². The molecule has 172 valence electrons. The van der Waals surface area contributed by atoms with Gasteiger partial charge in [0.2, 0.25) is 10.0 Å². The minimum absolute atomic E-state index is 0.0217. The van der Waals surface area contributed by atoms with Crippen LogP contribution in [-0.4, -0.2) is 43.4 Å². The van der Waals surface area contributed by atoms with Gasteiger partial charge in [0.25, 0.3) is 0 Å². The molecule has 9 heteroatoms. The van der Waals surface area contributed by atoms with Crippen molar-refractivity contribution in [2.75, 3.05) is 13.2 Å². The van der Waals surface area contributed by atoms with Gasteiger partial charge in [0.05, 0.1) is 11.5 Å². The summed E-state index contributed by atoms with van der Waals surface area (Å²) in [7, 11) is -4.09. The van der Waals surface area contributed by atoms with Crippen LogP contribution in [0.25, 0.3) is 11.1 Å². The highest BCUT2D eigenvalue weighted by Crippen LogP contribution is 2.53. The number of benzene rings is 3. The average Bonchev–Trinajstić information content (AvgIpc) is 3.53. The van der Waals surface area contributed by atoms with Gasteiger partial charge in [0.15, 0.2) is 0 Å². The zero-order chi connectivity index (χ0) is 23.6. The summed E-state index contributed by atoms with van der Waals surface area (Å²) in [4.78, 5) is 12.1. The molecular formula is C24H22ClNO6S. The molecule has 0 radical (unpaired) electrons. The molecule has 7 nitrogen and oxygen atoms in total. The molecule has 0 amide bonds. The third-order valence-corrected chi connectivity index (χ3v) is 7.40. The van der Waals surface area contributed by atoms with Crippen LogP contribution in [0.3, 0.4) is 0 Å². The smallest absolute Gasteiger partial charge is 0.325 e. The van der Waals surface area contributed by atoms with Crippen LogP contribution in [0.1, 0.15) is 17.9 Å². The lowest BCUT2D eigenvalue weighted by molar-refractivity contribution is -0.140. The Hall–Kier alpha value is -2.91. The van der Waals surface area contributed by atoms with Crippen molar-refractivity contribution in [3.05, 3.63) is 83.4 Å². The maximum absolute atomic E-state index is 13.0. The zero-order valence-corrected chi connectivity index (χ0v) is 19.0. The molecule has 3 N–H and O–H groups in total. The number of carboxylic acid groups (broad SMARTS) is 1. The van der Waals surface area contributed by atoms with Gasteiger partial charge < -0.3 is 14.9 Å². The summed E-state index contributed by atoms with van der Waals surface area (Å²) >= 11 is 5.91. The van der Waals surface area contributed by atoms with Crippen LogP contribution in [0.4, 0.5) is 0 Å². The number of halogens is 1. The third-order valence-electron chi connectivity index (χ3n) is 5.62. The van der Waals surface area contributed by atoms with E-state index in [4.69, 9.17) is 21.4 Å². The first kappa shape index (κ1) is 23.3. The molecule has 2 atom stereocenters. The Morgan fingerprint density at radius 1 is 1.06 bits per heavy atom. The number of hydrogen-bond donors (Lipinski definition) is 3. The Bertz CT molecular complexity index is 1260. The van der Waals surface area contributed by atoms with E-state index in [2.05, 4.69) is 4.72 Å². The number of hydrogen-bond acceptors (Lipinski definition) is 5. The van der Waals surface area contributed by atoms with E-state index in [1.807, 2.05) is 12.1 Å². The maximum atomic E-state index is 13.0. The van der Waals surface area contributed by atoms with Crippen LogP contribution in [-0.2, 0) is 14.8 Å². The van der Waals surface area contributed by atoms with Crippen molar-refractivity contribution >= 4 is 27.6 Å². The first-order valence-corrected chi connectivity index (χ1v) is 12.1. The monoisotopic (exact) mass is 487 g/mol. The van der Waals surface area contributed by atoms with Gasteiger partial charge in [-0.3, -0.25) is 4.79 Å². The molecule has 0 spiro atoms. The van der Waals surface area contributed by atoms with Gasteiger partial charge in [-0.05, 0) is 59.5 Å². The largest absolute Gasteiger partial charge is 0.491 e. The Kier molecular flexibility index (Phi) is 6.45. The summed E-state index contributed by atoms with van der Waals surface area (Å²) in [6.07, 6.45) is 0.119. The summed E-state index contributed by atoms with van der Waals surface area (Å²) in [5, 5.41) is 19.4. The molecule has 0 unspecified atom stereocenters. The predicted octanol–water partition coefficient (Wildman–Crippen LogP) is 3.67. The standard InChI is InChI=1S/C24H22ClNO6S/c25-19-8-4-16(5-9-19)17-6-10-21(11-7-17)33(30,31)26-24(23(28)29)15-22(24)18-2-1-3-20(14-18)32-13-12-27/h1-11,14,22,26-27H,12-13,15H2,(H,28,29)/t22-,24+/m0/s1. The van der Waals surface area contributed by atoms with E-state index in [9.17, 15) is 18.3 Å². The van der Waals surface area contributed by atoms with Crippen molar-refractivity contribution in [2.45, 2.75) is 22.8 Å². The van der Waals surface area contributed by atoms with Gasteiger partial charge in [-0.15, -0.1) is 0 Å². The lowest BCUT2D eigenvalue weighted by atomic mass is 10.1. The number of carbonyl (C=O) groups is 1. The molecule has 1 saturated carbocycles. The summed E-state index contributed by atoms with van der Waals surface area (Å²) in [5.74, 6) is -1.31. The number of sulfonamides is 1. The lowest BCUT2D eigenvalue weighted by Crippen LogP contribution is -2.44. The molecule has 0 aromatic heterocycles. The summed E-state index contributed by atoms with van der Waals surface area (Å²) in [6.45, 7) is -0.0415. The number of nitrogens with one attached hydrogen (secondary N) is 1. The van der Waals surface area contributed by atoms with E-state index in [-0.39, 0.29) is 24.5 Å². The summed E-state index contributed by atoms with van der Waals surface area (Å²) in [5.41, 5.74) is 0.698. The second-order valence-corrected chi connectivity index (χ2v) is 9.93. The van der Waals surface area contributed by atoms with Crippen LogP contribution < -0.4 is 9.46 Å². The minimum atomic E-state index is -4.09. The Morgan fingerprint density at radius 2 is 1.70 bits per heavy atom. The van der Waals surface area contributed by atoms with Crippen molar-refractivity contribution in [1.82, 2.24) is 4.72 Å². The molecule has 3 aromatic carbocycles. The highest BCUT2D eigenvalue weighted by molar-refractivity contribution is 7.89. The lowest BCUT2D eigenvalue weighted by Gasteiger charge is -2.16. The first-order chi connectivity index (χ1) is 15.7. The highest BCUT2D eigenvalue weighted by atomic mass is 35.5. The second-order valence-electron chi connectivity index (χ2n) is 7.81. The SMILES string of the molecule is O=C(O)[C@@]1(NS(=O)(=O)c2ccc(-c3ccc(Cl)cc3)cc2)C[C@H]1c1cccc(OCCO)c1. The number of carboxylic acids is 1. The summed E-state index contributed by atoms with van der Waals surface area (Å²) in [6, 6.07) is 20.2. The minimum Gasteiger partial charge on any atom is -0.491 e. The van der Waals surface area contributed by atoms with Gasteiger partial charge in [0.1, 0.15) is 17.9 Å². The van der Waals surface area contributed by atoms with E-state index in [0.29, 0.717) is 16.3 Å². The fraction of sp³-hybridized carbons (Fsp3) is 0.208. The molecule has 0 aliphatic heterocycles. The third kappa shape index (κ3) is 4.89. The fourth-order valence-electron chi connectivity index (χ4n) is 3.81. The van der Waals surface area contributed by atoms with Crippen molar-refractivity contribution in [1.29, 1.82) is 0 Å². The van der Waals surface area contributed by atoms with Crippen molar-refractivity contribution < 1.29 is 28.2 Å². The molecule has 0 heterocycles. The van der Waals surface area contributed by atoms with E-state index in [0.717, 1.165) is 11.1 Å². The normalized spacial score (nSPS) is 19.8. The molecule has 3 aromatic rings.